The molecule has 0 radical (unpaired) electrons. The molecule has 0 atom stereocenters. The number of carbonyl (C=O) groups excluding carboxylic acids is 1. The van der Waals surface area contributed by atoms with Gasteiger partial charge in [-0.25, -0.2) is 0 Å². The number of carbonyl (C=O) groups is 1. The molecule has 6 nitrogen and oxygen atoms in total. The number of benzene rings is 2. The molecule has 3 aromatic rings. The Hall–Kier alpha value is -3.54. The summed E-state index contributed by atoms with van der Waals surface area (Å²) in [5.74, 6) is 1.26. The molecule has 0 saturated heterocycles. The van der Waals surface area contributed by atoms with Crippen molar-refractivity contribution in [3.05, 3.63) is 78.1 Å². The average Bonchev–Trinajstić information content (AvgIpc) is 2.73. The number of amides is 1. The van der Waals surface area contributed by atoms with Gasteiger partial charge in [-0.1, -0.05) is 24.3 Å². The van der Waals surface area contributed by atoms with Gasteiger partial charge in [-0.15, -0.1) is 0 Å². The third-order valence-corrected chi connectivity index (χ3v) is 3.99. The fourth-order valence-corrected chi connectivity index (χ4v) is 2.55. The molecule has 0 aliphatic heterocycles. The molecule has 0 bridgehead atoms. The molecular formula is C21H21N3O3. The zero-order chi connectivity index (χ0) is 19.1. The molecule has 0 spiro atoms. The van der Waals surface area contributed by atoms with E-state index >= 15 is 0 Å². The highest BCUT2D eigenvalue weighted by Gasteiger charge is 2.09. The number of aromatic nitrogens is 1. The summed E-state index contributed by atoms with van der Waals surface area (Å²) in [6.07, 6.45) is 1.60. The summed E-state index contributed by atoms with van der Waals surface area (Å²) in [4.78, 5) is 16.6. The van der Waals surface area contributed by atoms with Crippen molar-refractivity contribution in [1.82, 2.24) is 10.3 Å². The number of pyridine rings is 1. The molecular weight excluding hydrogens is 342 g/mol. The maximum atomic E-state index is 12.4. The fraction of sp³-hybridized carbons (Fsp3) is 0.143. The molecule has 27 heavy (non-hydrogen) atoms. The minimum absolute atomic E-state index is 0.241. The number of methoxy groups -OCH3 is 2. The predicted molar refractivity (Wildman–Crippen MR) is 105 cm³/mol. The average molecular weight is 363 g/mol. The molecule has 1 heterocycles. The van der Waals surface area contributed by atoms with Gasteiger partial charge in [-0.3, -0.25) is 9.78 Å². The van der Waals surface area contributed by atoms with E-state index in [-0.39, 0.29) is 5.91 Å². The van der Waals surface area contributed by atoms with Gasteiger partial charge >= 0.3 is 0 Å². The van der Waals surface area contributed by atoms with E-state index in [1.54, 1.807) is 32.5 Å². The van der Waals surface area contributed by atoms with E-state index in [1.807, 2.05) is 48.5 Å². The van der Waals surface area contributed by atoms with E-state index in [0.29, 0.717) is 12.2 Å². The van der Waals surface area contributed by atoms with E-state index < -0.39 is 0 Å². The van der Waals surface area contributed by atoms with E-state index in [0.717, 1.165) is 28.4 Å². The minimum Gasteiger partial charge on any atom is -0.497 e. The van der Waals surface area contributed by atoms with Crippen LogP contribution in [0.2, 0.25) is 0 Å². The molecule has 6 heteroatoms. The number of nitrogens with zero attached hydrogens (tertiary/aromatic N) is 1. The van der Waals surface area contributed by atoms with Crippen LogP contribution in [0.15, 0.2) is 66.9 Å². The fourth-order valence-electron chi connectivity index (χ4n) is 2.55. The summed E-state index contributed by atoms with van der Waals surface area (Å²) >= 11 is 0. The largest absolute Gasteiger partial charge is 0.497 e. The number of para-hydroxylation sites is 2. The first-order chi connectivity index (χ1) is 13.2. The Morgan fingerprint density at radius 2 is 1.78 bits per heavy atom. The number of hydrogen-bond donors (Lipinski definition) is 2. The van der Waals surface area contributed by atoms with Crippen molar-refractivity contribution in [2.75, 3.05) is 19.5 Å². The number of hydrogen-bond acceptors (Lipinski definition) is 5. The Morgan fingerprint density at radius 1 is 1.00 bits per heavy atom. The molecule has 0 aliphatic rings. The number of ether oxygens (including phenoxy) is 2. The number of anilines is 2. The summed E-state index contributed by atoms with van der Waals surface area (Å²) in [7, 11) is 3.24. The Kier molecular flexibility index (Phi) is 5.89. The van der Waals surface area contributed by atoms with Gasteiger partial charge in [0.05, 0.1) is 19.9 Å². The Labute approximate surface area is 158 Å². The van der Waals surface area contributed by atoms with Gasteiger partial charge in [0.15, 0.2) is 0 Å². The molecule has 1 aromatic heterocycles. The summed E-state index contributed by atoms with van der Waals surface area (Å²) in [5.41, 5.74) is 2.88. The minimum atomic E-state index is -0.241. The van der Waals surface area contributed by atoms with Gasteiger partial charge in [-0.2, -0.15) is 0 Å². The molecule has 1 amide bonds. The Bertz CT molecular complexity index is 911. The first-order valence-electron chi connectivity index (χ1n) is 8.47. The van der Waals surface area contributed by atoms with Crippen molar-refractivity contribution >= 4 is 17.3 Å². The molecule has 0 aliphatic carbocycles. The third-order valence-electron chi connectivity index (χ3n) is 3.99. The molecule has 3 rings (SSSR count). The van der Waals surface area contributed by atoms with Crippen molar-refractivity contribution < 1.29 is 14.3 Å². The van der Waals surface area contributed by atoms with Crippen LogP contribution in [0.25, 0.3) is 0 Å². The first kappa shape index (κ1) is 18.3. The molecule has 0 saturated carbocycles. The van der Waals surface area contributed by atoms with Gasteiger partial charge in [0.1, 0.15) is 17.2 Å². The van der Waals surface area contributed by atoms with Crippen LogP contribution in [0.4, 0.5) is 11.4 Å². The summed E-state index contributed by atoms with van der Waals surface area (Å²) in [6.45, 7) is 0.411. The quantitative estimate of drug-likeness (QED) is 0.668. The zero-order valence-electron chi connectivity index (χ0n) is 15.2. The maximum absolute atomic E-state index is 12.4. The molecule has 2 N–H and O–H groups in total. The van der Waals surface area contributed by atoms with Crippen molar-refractivity contribution in [1.29, 1.82) is 0 Å². The van der Waals surface area contributed by atoms with Gasteiger partial charge in [0.2, 0.25) is 0 Å². The van der Waals surface area contributed by atoms with Crippen LogP contribution < -0.4 is 20.1 Å². The van der Waals surface area contributed by atoms with Crippen LogP contribution in [0.1, 0.15) is 16.1 Å². The number of nitrogens with one attached hydrogen (secondary N) is 2. The van der Waals surface area contributed by atoms with E-state index in [9.17, 15) is 4.79 Å². The topological polar surface area (TPSA) is 72.5 Å². The van der Waals surface area contributed by atoms with Gasteiger partial charge in [-0.05, 0) is 42.0 Å². The SMILES string of the molecule is COc1ccc(CNC(=O)c2cc(Nc3ccccc3OC)ccn2)cc1. The molecule has 138 valence electrons. The van der Waals surface area contributed by atoms with Crippen LogP contribution in [0.5, 0.6) is 11.5 Å². The van der Waals surface area contributed by atoms with Gasteiger partial charge in [0, 0.05) is 18.4 Å². The van der Waals surface area contributed by atoms with Crippen LogP contribution >= 0.6 is 0 Å². The summed E-state index contributed by atoms with van der Waals surface area (Å²) in [6, 6.07) is 18.6. The molecule has 0 unspecified atom stereocenters. The van der Waals surface area contributed by atoms with Crippen molar-refractivity contribution in [3.8, 4) is 11.5 Å². The smallest absolute Gasteiger partial charge is 0.270 e. The van der Waals surface area contributed by atoms with Crippen molar-refractivity contribution in [2.24, 2.45) is 0 Å². The lowest BCUT2D eigenvalue weighted by Gasteiger charge is -2.11. The first-order valence-corrected chi connectivity index (χ1v) is 8.47. The highest BCUT2D eigenvalue weighted by atomic mass is 16.5. The van der Waals surface area contributed by atoms with Crippen LogP contribution in [0.3, 0.4) is 0 Å². The Balaban J connectivity index is 1.66. The highest BCUT2D eigenvalue weighted by Crippen LogP contribution is 2.26. The van der Waals surface area contributed by atoms with E-state index in [4.69, 9.17) is 9.47 Å². The van der Waals surface area contributed by atoms with E-state index in [2.05, 4.69) is 15.6 Å². The number of rotatable bonds is 7. The predicted octanol–water partition coefficient (Wildman–Crippen LogP) is 3.77. The van der Waals surface area contributed by atoms with Gasteiger partial charge < -0.3 is 20.1 Å². The molecule has 2 aromatic carbocycles. The summed E-state index contributed by atoms with van der Waals surface area (Å²) in [5, 5.41) is 6.12. The van der Waals surface area contributed by atoms with Crippen molar-refractivity contribution in [3.63, 3.8) is 0 Å². The third kappa shape index (κ3) is 4.76. The van der Waals surface area contributed by atoms with Gasteiger partial charge in [0.25, 0.3) is 5.91 Å². The highest BCUT2D eigenvalue weighted by molar-refractivity contribution is 5.93. The standard InChI is InChI=1S/C21H21N3O3/c1-26-17-9-7-15(8-10-17)14-23-21(25)19-13-16(11-12-22-19)24-18-5-3-4-6-20(18)27-2/h3-13H,14H2,1-2H3,(H,22,24)(H,23,25). The van der Waals surface area contributed by atoms with E-state index in [1.165, 1.54) is 0 Å². The van der Waals surface area contributed by atoms with Crippen LogP contribution in [0, 0.1) is 0 Å². The molecule has 0 fully saturated rings. The monoisotopic (exact) mass is 363 g/mol. The normalized spacial score (nSPS) is 10.1. The zero-order valence-corrected chi connectivity index (χ0v) is 15.2. The second kappa shape index (κ2) is 8.71. The lowest BCUT2D eigenvalue weighted by atomic mass is 10.2. The van der Waals surface area contributed by atoms with Crippen LogP contribution in [-0.4, -0.2) is 25.1 Å². The second-order valence-corrected chi connectivity index (χ2v) is 5.79. The lowest BCUT2D eigenvalue weighted by Crippen LogP contribution is -2.23. The second-order valence-electron chi connectivity index (χ2n) is 5.79. The maximum Gasteiger partial charge on any atom is 0.270 e. The lowest BCUT2D eigenvalue weighted by molar-refractivity contribution is 0.0946. The van der Waals surface area contributed by atoms with Crippen molar-refractivity contribution in [2.45, 2.75) is 6.54 Å². The summed E-state index contributed by atoms with van der Waals surface area (Å²) < 4.78 is 10.5. The Morgan fingerprint density at radius 3 is 2.52 bits per heavy atom. The van der Waals surface area contributed by atoms with Crippen LogP contribution in [-0.2, 0) is 6.54 Å².